The van der Waals surface area contributed by atoms with Gasteiger partial charge in [-0.15, -0.1) is 0 Å². The van der Waals surface area contributed by atoms with Crippen molar-refractivity contribution in [2.45, 2.75) is 29.2 Å². The van der Waals surface area contributed by atoms with Gasteiger partial charge in [0.05, 0.1) is 17.9 Å². The molecular weight excluding hydrogens is 510 g/mol. The van der Waals surface area contributed by atoms with E-state index in [-0.39, 0.29) is 11.5 Å². The van der Waals surface area contributed by atoms with Crippen LogP contribution in [0.5, 0.6) is 0 Å². The third-order valence-electron chi connectivity index (χ3n) is 6.31. The zero-order valence-electron chi connectivity index (χ0n) is 19.8. The number of aliphatic hydroxyl groups excluding tert-OH is 1. The monoisotopic (exact) mass is 534 g/mol. The van der Waals surface area contributed by atoms with Crippen molar-refractivity contribution in [2.75, 3.05) is 12.9 Å². The lowest BCUT2D eigenvalue weighted by molar-refractivity contribution is 0.0738. The van der Waals surface area contributed by atoms with Crippen LogP contribution in [0.3, 0.4) is 0 Å². The molecule has 2 aromatic carbocycles. The molecule has 0 spiro atoms. The summed E-state index contributed by atoms with van der Waals surface area (Å²) in [5.74, 6) is -2.26. The Labute approximate surface area is 213 Å². The number of allylic oxidation sites excluding steroid dienone is 2. The normalized spacial score (nSPS) is 22.5. The van der Waals surface area contributed by atoms with Gasteiger partial charge in [-0.3, -0.25) is 0 Å². The van der Waals surface area contributed by atoms with Crippen molar-refractivity contribution >= 4 is 27.0 Å². The van der Waals surface area contributed by atoms with Crippen LogP contribution in [-0.4, -0.2) is 45.3 Å². The topological polar surface area (TPSA) is 92.4 Å². The summed E-state index contributed by atoms with van der Waals surface area (Å²) >= 11 is 6.94. The van der Waals surface area contributed by atoms with Crippen LogP contribution in [0.2, 0.25) is 0 Å². The Bertz CT molecular complexity index is 1460. The molecule has 6 nitrogen and oxygen atoms in total. The van der Waals surface area contributed by atoms with Crippen molar-refractivity contribution in [3.63, 3.8) is 0 Å². The maximum Gasteiger partial charge on any atom is 0.193 e. The lowest BCUT2D eigenvalue weighted by Gasteiger charge is -2.44. The first kappa shape index (κ1) is 26.2. The predicted molar refractivity (Wildman–Crippen MR) is 135 cm³/mol. The van der Waals surface area contributed by atoms with Crippen molar-refractivity contribution in [2.24, 2.45) is 0 Å². The molecule has 0 amide bonds. The molecule has 0 radical (unpaired) electrons. The SMILES string of the molecule is CC(C)(O)c1cn(C2(CO)C=CC(c3ccccc3)=CC2(Cl)S(C)(=O)=O)c(-c2c(F)cccc2F)n1. The standard InChI is InChI=1S/C26H25ClF2N2O4S/c1-24(2,33)21-15-31(23(30-21)22-19(28)10-7-11-20(22)29)25(16-32)13-12-18(17-8-5-4-6-9-17)14-26(25,27)36(3,34)35/h4-15,32-33H,16H2,1-3H3. The average molecular weight is 535 g/mol. The van der Waals surface area contributed by atoms with E-state index in [0.717, 1.165) is 23.0 Å². The summed E-state index contributed by atoms with van der Waals surface area (Å²) in [4.78, 5) is 4.28. The van der Waals surface area contributed by atoms with Crippen LogP contribution >= 0.6 is 11.6 Å². The largest absolute Gasteiger partial charge is 0.393 e. The lowest BCUT2D eigenvalue weighted by Crippen LogP contribution is -2.57. The number of benzene rings is 2. The predicted octanol–water partition coefficient (Wildman–Crippen LogP) is 4.38. The van der Waals surface area contributed by atoms with Gasteiger partial charge in [-0.05, 0) is 43.2 Å². The number of aliphatic hydroxyl groups is 2. The minimum Gasteiger partial charge on any atom is -0.393 e. The third-order valence-corrected chi connectivity index (χ3v) is 9.13. The van der Waals surface area contributed by atoms with E-state index in [9.17, 15) is 27.4 Å². The van der Waals surface area contributed by atoms with Crippen LogP contribution in [-0.2, 0) is 21.0 Å². The van der Waals surface area contributed by atoms with Crippen LogP contribution in [0, 0.1) is 11.6 Å². The van der Waals surface area contributed by atoms with Gasteiger partial charge in [0, 0.05) is 12.5 Å². The highest BCUT2D eigenvalue weighted by molar-refractivity contribution is 7.93. The Balaban J connectivity index is 2.09. The number of nitrogens with zero attached hydrogens (tertiary/aromatic N) is 2. The fourth-order valence-electron chi connectivity index (χ4n) is 4.30. The summed E-state index contributed by atoms with van der Waals surface area (Å²) in [5.41, 5.74) is -2.96. The summed E-state index contributed by atoms with van der Waals surface area (Å²) in [6, 6.07) is 12.1. The van der Waals surface area contributed by atoms with Gasteiger partial charge in [-0.1, -0.05) is 60.2 Å². The number of sulfone groups is 1. The Hall–Kier alpha value is -2.85. The summed E-state index contributed by atoms with van der Waals surface area (Å²) in [5, 5.41) is 21.4. The van der Waals surface area contributed by atoms with E-state index in [1.54, 1.807) is 36.4 Å². The second-order valence-electron chi connectivity index (χ2n) is 9.27. The van der Waals surface area contributed by atoms with Crippen molar-refractivity contribution in [1.82, 2.24) is 9.55 Å². The van der Waals surface area contributed by atoms with Crippen LogP contribution < -0.4 is 0 Å². The molecule has 2 unspecified atom stereocenters. The van der Waals surface area contributed by atoms with Gasteiger partial charge in [-0.25, -0.2) is 22.2 Å². The molecule has 1 aliphatic rings. The van der Waals surface area contributed by atoms with Crippen molar-refractivity contribution in [3.8, 4) is 11.4 Å². The molecule has 2 atom stereocenters. The molecule has 1 heterocycles. The number of imidazole rings is 1. The van der Waals surface area contributed by atoms with E-state index in [1.165, 1.54) is 38.3 Å². The fraction of sp³-hybridized carbons (Fsp3) is 0.269. The molecule has 3 aromatic rings. The maximum absolute atomic E-state index is 14.9. The lowest BCUT2D eigenvalue weighted by atomic mass is 9.85. The van der Waals surface area contributed by atoms with Gasteiger partial charge in [-0.2, -0.15) is 0 Å². The molecule has 190 valence electrons. The smallest absolute Gasteiger partial charge is 0.193 e. The first-order valence-corrected chi connectivity index (χ1v) is 13.3. The van der Waals surface area contributed by atoms with Gasteiger partial charge >= 0.3 is 0 Å². The van der Waals surface area contributed by atoms with E-state index in [4.69, 9.17) is 11.6 Å². The number of rotatable bonds is 6. The van der Waals surface area contributed by atoms with Gasteiger partial charge in [0.1, 0.15) is 28.6 Å². The second-order valence-corrected chi connectivity index (χ2v) is 12.3. The quantitative estimate of drug-likeness (QED) is 0.458. The first-order valence-electron chi connectivity index (χ1n) is 11.0. The van der Waals surface area contributed by atoms with Gasteiger partial charge in [0.2, 0.25) is 0 Å². The van der Waals surface area contributed by atoms with Gasteiger partial charge in [0.25, 0.3) is 0 Å². The molecule has 10 heteroatoms. The molecule has 0 saturated carbocycles. The molecule has 1 aromatic heterocycles. The minimum absolute atomic E-state index is 0.00766. The van der Waals surface area contributed by atoms with Crippen molar-refractivity contribution in [3.05, 3.63) is 95.8 Å². The van der Waals surface area contributed by atoms with Gasteiger partial charge in [0.15, 0.2) is 14.0 Å². The average Bonchev–Trinajstić information content (AvgIpc) is 3.25. The number of aromatic nitrogens is 2. The van der Waals surface area contributed by atoms with E-state index in [2.05, 4.69) is 4.98 Å². The highest BCUT2D eigenvalue weighted by Gasteiger charge is 2.58. The minimum atomic E-state index is -4.20. The zero-order valence-corrected chi connectivity index (χ0v) is 21.4. The van der Waals surface area contributed by atoms with Crippen LogP contribution in [0.15, 0.2) is 73.0 Å². The Morgan fingerprint density at radius 3 is 2.22 bits per heavy atom. The van der Waals surface area contributed by atoms with Crippen LogP contribution in [0.25, 0.3) is 17.0 Å². The summed E-state index contributed by atoms with van der Waals surface area (Å²) in [6.45, 7) is 1.96. The van der Waals surface area contributed by atoms with Crippen molar-refractivity contribution < 1.29 is 27.4 Å². The molecular formula is C26H25ClF2N2O4S. The van der Waals surface area contributed by atoms with E-state index in [1.807, 2.05) is 0 Å². The first-order chi connectivity index (χ1) is 16.7. The Morgan fingerprint density at radius 2 is 1.69 bits per heavy atom. The van der Waals surface area contributed by atoms with Crippen molar-refractivity contribution in [1.29, 1.82) is 0 Å². The number of halogens is 3. The van der Waals surface area contributed by atoms with Crippen LogP contribution in [0.1, 0.15) is 25.1 Å². The molecule has 0 saturated heterocycles. The maximum atomic E-state index is 14.9. The van der Waals surface area contributed by atoms with E-state index >= 15 is 0 Å². The van der Waals surface area contributed by atoms with E-state index < -0.39 is 49.0 Å². The molecule has 0 aliphatic heterocycles. The molecule has 0 fully saturated rings. The van der Waals surface area contributed by atoms with E-state index in [0.29, 0.717) is 11.1 Å². The Morgan fingerprint density at radius 1 is 1.08 bits per heavy atom. The molecule has 0 bridgehead atoms. The van der Waals surface area contributed by atoms with Gasteiger partial charge < -0.3 is 14.8 Å². The molecule has 36 heavy (non-hydrogen) atoms. The molecule has 2 N–H and O–H groups in total. The summed E-state index contributed by atoms with van der Waals surface area (Å²) in [6.07, 6.45) is 6.45. The number of hydrogen-bond acceptors (Lipinski definition) is 5. The molecule has 4 rings (SSSR count). The fourth-order valence-corrected chi connectivity index (χ4v) is 5.85. The highest BCUT2D eigenvalue weighted by atomic mass is 35.5. The summed E-state index contributed by atoms with van der Waals surface area (Å²) in [7, 11) is -4.20. The zero-order chi connectivity index (χ0) is 26.5. The number of alkyl halides is 1. The molecule has 1 aliphatic carbocycles. The second kappa shape index (κ2) is 8.92. The summed E-state index contributed by atoms with van der Waals surface area (Å²) < 4.78 is 55.2. The highest BCUT2D eigenvalue weighted by Crippen LogP contribution is 2.49. The van der Waals surface area contributed by atoms with Crippen LogP contribution in [0.4, 0.5) is 8.78 Å². The Kier molecular flexibility index (Phi) is 6.49. The third kappa shape index (κ3) is 4.10. The number of hydrogen-bond donors (Lipinski definition) is 2.